The molecule has 0 amide bonds. The predicted octanol–water partition coefficient (Wildman–Crippen LogP) is 2.02. The molecule has 72 valence electrons. The topological polar surface area (TPSA) is 28.2 Å². The summed E-state index contributed by atoms with van der Waals surface area (Å²) in [7, 11) is 3.81. The first kappa shape index (κ1) is 10.4. The van der Waals surface area contributed by atoms with E-state index in [2.05, 4.69) is 17.2 Å². The monoisotopic (exact) mass is 215 g/mol. The van der Waals surface area contributed by atoms with Gasteiger partial charge in [-0.15, -0.1) is 11.3 Å². The van der Waals surface area contributed by atoms with Crippen LogP contribution in [0.15, 0.2) is 0 Å². The molecule has 0 aliphatic heterocycles. The third-order valence-corrected chi connectivity index (χ3v) is 3.10. The van der Waals surface area contributed by atoms with E-state index in [1.165, 1.54) is 4.88 Å². The second-order valence-corrected chi connectivity index (χ2v) is 4.58. The van der Waals surface area contributed by atoms with Crippen molar-refractivity contribution < 1.29 is 0 Å². The highest BCUT2D eigenvalue weighted by atomic mass is 32.1. The maximum Gasteiger partial charge on any atom is 0.189 e. The maximum atomic E-state index is 5.09. The van der Waals surface area contributed by atoms with Crippen LogP contribution in [0.4, 0.5) is 5.13 Å². The van der Waals surface area contributed by atoms with Crippen LogP contribution in [-0.2, 0) is 0 Å². The van der Waals surface area contributed by atoms with E-state index in [9.17, 15) is 0 Å². The highest BCUT2D eigenvalue weighted by Crippen LogP contribution is 2.21. The highest BCUT2D eigenvalue weighted by Gasteiger charge is 2.05. The number of aryl methyl sites for hydroxylation is 2. The Morgan fingerprint density at radius 3 is 2.46 bits per heavy atom. The molecule has 0 radical (unpaired) electrons. The second-order valence-electron chi connectivity index (χ2n) is 2.99. The molecule has 0 aliphatic rings. The molecule has 1 aromatic heterocycles. The summed E-state index contributed by atoms with van der Waals surface area (Å²) in [6, 6.07) is 0. The Balaban J connectivity index is 2.70. The van der Waals surface area contributed by atoms with Gasteiger partial charge in [-0.25, -0.2) is 4.98 Å². The zero-order valence-electron chi connectivity index (χ0n) is 8.21. The molecule has 0 atom stereocenters. The number of rotatable bonds is 1. The molecule has 0 aliphatic carbocycles. The quantitative estimate of drug-likeness (QED) is 0.725. The maximum absolute atomic E-state index is 5.09. The average Bonchev–Trinajstić information content (AvgIpc) is 2.31. The molecule has 0 unspecified atom stereocenters. The Labute approximate surface area is 87.8 Å². The van der Waals surface area contributed by atoms with Gasteiger partial charge in [0.1, 0.15) is 0 Å². The lowest BCUT2D eigenvalue weighted by molar-refractivity contribution is 0.633. The third-order valence-electron chi connectivity index (χ3n) is 1.65. The highest BCUT2D eigenvalue weighted by molar-refractivity contribution is 7.80. The van der Waals surface area contributed by atoms with Crippen molar-refractivity contribution in [2.24, 2.45) is 0 Å². The van der Waals surface area contributed by atoms with E-state index in [1.54, 1.807) is 11.3 Å². The number of hydrogen-bond acceptors (Lipinski definition) is 3. The summed E-state index contributed by atoms with van der Waals surface area (Å²) in [6.45, 7) is 4.05. The van der Waals surface area contributed by atoms with E-state index in [0.29, 0.717) is 5.11 Å². The smallest absolute Gasteiger partial charge is 0.189 e. The van der Waals surface area contributed by atoms with Crippen molar-refractivity contribution in [3.8, 4) is 0 Å². The van der Waals surface area contributed by atoms with Crippen LogP contribution in [-0.4, -0.2) is 29.1 Å². The Morgan fingerprint density at radius 2 is 2.08 bits per heavy atom. The molecule has 13 heavy (non-hydrogen) atoms. The molecular formula is C8H13N3S2. The minimum Gasteiger partial charge on any atom is -0.355 e. The van der Waals surface area contributed by atoms with Crippen LogP contribution in [0.5, 0.6) is 0 Å². The van der Waals surface area contributed by atoms with E-state index in [4.69, 9.17) is 12.2 Å². The van der Waals surface area contributed by atoms with E-state index < -0.39 is 0 Å². The Hall–Kier alpha value is -0.680. The van der Waals surface area contributed by atoms with Crippen molar-refractivity contribution in [3.63, 3.8) is 0 Å². The minimum absolute atomic E-state index is 0.689. The standard InChI is InChI=1S/C8H13N3S2/c1-5-6(2)13-7(9-5)10-8(12)11(3)4/h1-4H3,(H,9,10,12). The van der Waals surface area contributed by atoms with E-state index in [0.717, 1.165) is 10.8 Å². The number of nitrogens with one attached hydrogen (secondary N) is 1. The van der Waals surface area contributed by atoms with Crippen LogP contribution < -0.4 is 5.32 Å². The SMILES string of the molecule is Cc1nc(NC(=S)N(C)C)sc1C. The van der Waals surface area contributed by atoms with Crippen molar-refractivity contribution in [1.82, 2.24) is 9.88 Å². The lowest BCUT2D eigenvalue weighted by Gasteiger charge is -2.12. The number of anilines is 1. The molecular weight excluding hydrogens is 202 g/mol. The first-order chi connectivity index (χ1) is 6.00. The van der Waals surface area contributed by atoms with Gasteiger partial charge in [-0.2, -0.15) is 0 Å². The summed E-state index contributed by atoms with van der Waals surface area (Å²) in [5.74, 6) is 0. The van der Waals surface area contributed by atoms with Gasteiger partial charge >= 0.3 is 0 Å². The van der Waals surface area contributed by atoms with E-state index in [1.807, 2.05) is 25.9 Å². The molecule has 5 heteroatoms. The summed E-state index contributed by atoms with van der Waals surface area (Å²) >= 11 is 6.72. The van der Waals surface area contributed by atoms with Crippen LogP contribution in [0, 0.1) is 13.8 Å². The lowest BCUT2D eigenvalue weighted by Crippen LogP contribution is -2.26. The van der Waals surface area contributed by atoms with Gasteiger partial charge < -0.3 is 10.2 Å². The van der Waals surface area contributed by atoms with Crippen LogP contribution in [0.3, 0.4) is 0 Å². The number of hydrogen-bond donors (Lipinski definition) is 1. The van der Waals surface area contributed by atoms with Crippen molar-refractivity contribution in [3.05, 3.63) is 10.6 Å². The largest absolute Gasteiger partial charge is 0.355 e. The Kier molecular flexibility index (Phi) is 3.22. The molecule has 0 saturated carbocycles. The van der Waals surface area contributed by atoms with E-state index in [-0.39, 0.29) is 0 Å². The summed E-state index contributed by atoms with van der Waals surface area (Å²) in [5.41, 5.74) is 1.06. The third kappa shape index (κ3) is 2.63. The van der Waals surface area contributed by atoms with Gasteiger partial charge in [0.05, 0.1) is 5.69 Å². The zero-order chi connectivity index (χ0) is 10.0. The van der Waals surface area contributed by atoms with Gasteiger partial charge in [-0.1, -0.05) is 0 Å². The van der Waals surface area contributed by atoms with Crippen molar-refractivity contribution >= 4 is 33.8 Å². The minimum atomic E-state index is 0.689. The predicted molar refractivity (Wildman–Crippen MR) is 61.5 cm³/mol. The summed E-state index contributed by atoms with van der Waals surface area (Å²) in [6.07, 6.45) is 0. The first-order valence-electron chi connectivity index (χ1n) is 3.93. The lowest BCUT2D eigenvalue weighted by atomic mass is 10.4. The van der Waals surface area contributed by atoms with Gasteiger partial charge in [-0.3, -0.25) is 0 Å². The first-order valence-corrected chi connectivity index (χ1v) is 5.15. The number of thiocarbonyl (C=S) groups is 1. The Bertz CT molecular complexity index is 298. The molecule has 1 aromatic rings. The van der Waals surface area contributed by atoms with Gasteiger partial charge in [-0.05, 0) is 26.1 Å². The van der Waals surface area contributed by atoms with Crippen LogP contribution in [0.2, 0.25) is 0 Å². The van der Waals surface area contributed by atoms with Gasteiger partial charge in [0.15, 0.2) is 10.2 Å². The molecule has 1 N–H and O–H groups in total. The van der Waals surface area contributed by atoms with Crippen molar-refractivity contribution in [1.29, 1.82) is 0 Å². The fourth-order valence-corrected chi connectivity index (χ4v) is 1.70. The van der Waals surface area contributed by atoms with Gasteiger partial charge in [0.2, 0.25) is 0 Å². The fraction of sp³-hybridized carbons (Fsp3) is 0.500. The number of thiazole rings is 1. The fourth-order valence-electron chi connectivity index (χ4n) is 0.729. The van der Waals surface area contributed by atoms with Gasteiger partial charge in [0, 0.05) is 19.0 Å². The average molecular weight is 215 g/mol. The van der Waals surface area contributed by atoms with Crippen LogP contribution >= 0.6 is 23.6 Å². The molecule has 3 nitrogen and oxygen atoms in total. The number of nitrogens with zero attached hydrogens (tertiary/aromatic N) is 2. The van der Waals surface area contributed by atoms with Crippen LogP contribution in [0.1, 0.15) is 10.6 Å². The van der Waals surface area contributed by atoms with Gasteiger partial charge in [0.25, 0.3) is 0 Å². The molecule has 0 aromatic carbocycles. The summed E-state index contributed by atoms with van der Waals surface area (Å²) in [5, 5.41) is 4.63. The molecule has 0 saturated heterocycles. The normalized spacial score (nSPS) is 9.85. The van der Waals surface area contributed by atoms with Crippen molar-refractivity contribution in [2.45, 2.75) is 13.8 Å². The zero-order valence-corrected chi connectivity index (χ0v) is 9.84. The second kappa shape index (κ2) is 4.02. The molecule has 0 bridgehead atoms. The summed E-state index contributed by atoms with van der Waals surface area (Å²) in [4.78, 5) is 7.40. The molecule has 0 spiro atoms. The van der Waals surface area contributed by atoms with Crippen LogP contribution in [0.25, 0.3) is 0 Å². The molecule has 0 fully saturated rings. The molecule has 1 rings (SSSR count). The summed E-state index contributed by atoms with van der Waals surface area (Å²) < 4.78 is 0. The molecule has 1 heterocycles. The number of aromatic nitrogens is 1. The Morgan fingerprint density at radius 1 is 1.46 bits per heavy atom. The van der Waals surface area contributed by atoms with Crippen molar-refractivity contribution in [2.75, 3.05) is 19.4 Å². The van der Waals surface area contributed by atoms with E-state index >= 15 is 0 Å².